The number of aliphatic hydroxyl groups excluding tert-OH is 2. The van der Waals surface area contributed by atoms with E-state index in [1.807, 2.05) is 0 Å². The van der Waals surface area contributed by atoms with Crippen molar-refractivity contribution in [2.75, 3.05) is 35.2 Å². The number of rotatable bonds is 12. The largest absolute Gasteiger partial charge is 0.428 e. The van der Waals surface area contributed by atoms with E-state index in [0.29, 0.717) is 47.2 Å². The normalized spacial score (nSPS) is 21.7. The summed E-state index contributed by atoms with van der Waals surface area (Å²) in [6.07, 6.45) is -13.1. The third-order valence-corrected chi connectivity index (χ3v) is 9.50. The van der Waals surface area contributed by atoms with Crippen LogP contribution in [0.5, 0.6) is 0 Å². The Morgan fingerprint density at radius 1 is 0.791 bits per heavy atom. The molecule has 2 amide bonds. The Kier molecular flexibility index (Phi) is 11.2. The fourth-order valence-electron chi connectivity index (χ4n) is 4.71. The van der Waals surface area contributed by atoms with Crippen LogP contribution in [-0.2, 0) is 22.4 Å². The second-order valence-corrected chi connectivity index (χ2v) is 13.1. The number of anilines is 2. The molecule has 4 N–H and O–H groups in total. The van der Waals surface area contributed by atoms with Crippen molar-refractivity contribution in [3.8, 4) is 0 Å². The number of likely N-dealkylation sites (tertiary alicyclic amines) is 2. The van der Waals surface area contributed by atoms with E-state index in [-0.39, 0.29) is 36.2 Å². The van der Waals surface area contributed by atoms with Gasteiger partial charge in [0.1, 0.15) is 10.0 Å². The van der Waals surface area contributed by atoms with Crippen LogP contribution in [-0.4, -0.2) is 114 Å². The van der Waals surface area contributed by atoms with E-state index >= 15 is 0 Å². The topological polar surface area (TPSA) is 157 Å². The number of carbonyl (C=O) groups is 2. The maximum atomic E-state index is 12.9. The molecule has 21 heteroatoms. The van der Waals surface area contributed by atoms with E-state index in [2.05, 4.69) is 31.0 Å². The monoisotopic (exact) mass is 678 g/mol. The minimum Gasteiger partial charge on any atom is -0.370 e. The summed E-state index contributed by atoms with van der Waals surface area (Å²) in [5.74, 6) is -0.105. The SMILES string of the molecule is O=C(Nc1nnc(CCSCCc2nnc(NC(=O)C3CCCN3C(O)C(F)(F)F)s2)s1)C1CCCN1C(O)C(F)(F)F. The Morgan fingerprint density at radius 2 is 1.19 bits per heavy atom. The molecule has 4 unspecified atom stereocenters. The number of aliphatic hydroxyl groups is 2. The summed E-state index contributed by atoms with van der Waals surface area (Å²) in [6.45, 7) is -0.111. The Labute approximate surface area is 253 Å². The average Bonchev–Trinajstić information content (AvgIpc) is 3.74. The van der Waals surface area contributed by atoms with Gasteiger partial charge < -0.3 is 10.2 Å². The lowest BCUT2D eigenvalue weighted by Crippen LogP contribution is -2.51. The predicted octanol–water partition coefficient (Wildman–Crippen LogP) is 2.48. The Bertz CT molecular complexity index is 1160. The zero-order chi connectivity index (χ0) is 31.4. The summed E-state index contributed by atoms with van der Waals surface area (Å²) in [7, 11) is 0. The molecule has 240 valence electrons. The van der Waals surface area contributed by atoms with Gasteiger partial charge >= 0.3 is 12.4 Å². The van der Waals surface area contributed by atoms with Crippen LogP contribution in [0.4, 0.5) is 36.6 Å². The summed E-state index contributed by atoms with van der Waals surface area (Å²) in [5.41, 5.74) is 0. The number of nitrogens with zero attached hydrogens (tertiary/aromatic N) is 6. The third-order valence-electron chi connectivity index (χ3n) is 6.72. The van der Waals surface area contributed by atoms with E-state index in [1.54, 1.807) is 11.8 Å². The molecule has 0 saturated carbocycles. The van der Waals surface area contributed by atoms with Crippen LogP contribution in [0.2, 0.25) is 0 Å². The Morgan fingerprint density at radius 3 is 1.56 bits per heavy atom. The second-order valence-electron chi connectivity index (χ2n) is 9.72. The highest BCUT2D eigenvalue weighted by Gasteiger charge is 2.49. The van der Waals surface area contributed by atoms with Crippen LogP contribution in [0.15, 0.2) is 0 Å². The highest BCUT2D eigenvalue weighted by Crippen LogP contribution is 2.31. The lowest BCUT2D eigenvalue weighted by molar-refractivity contribution is -0.251. The van der Waals surface area contributed by atoms with Gasteiger partial charge in [0.2, 0.25) is 34.5 Å². The number of amides is 2. The molecule has 0 spiro atoms. The second kappa shape index (κ2) is 14.3. The first kappa shape index (κ1) is 33.7. The van der Waals surface area contributed by atoms with Crippen molar-refractivity contribution in [2.24, 2.45) is 0 Å². The van der Waals surface area contributed by atoms with Crippen molar-refractivity contribution < 1.29 is 46.1 Å². The molecule has 0 aromatic carbocycles. The Balaban J connectivity index is 1.16. The van der Waals surface area contributed by atoms with Crippen LogP contribution in [0, 0.1) is 0 Å². The maximum absolute atomic E-state index is 12.9. The quantitative estimate of drug-likeness (QED) is 0.193. The van der Waals surface area contributed by atoms with Crippen LogP contribution >= 0.6 is 34.4 Å². The van der Waals surface area contributed by atoms with Gasteiger partial charge in [-0.15, -0.1) is 20.4 Å². The Hall–Kier alpha value is -2.17. The first-order chi connectivity index (χ1) is 20.2. The molecule has 0 radical (unpaired) electrons. The molecule has 2 fully saturated rings. The fraction of sp³-hybridized carbons (Fsp3) is 0.727. The molecule has 2 saturated heterocycles. The van der Waals surface area contributed by atoms with Gasteiger partial charge in [-0.3, -0.25) is 30.0 Å². The van der Waals surface area contributed by atoms with Crippen LogP contribution < -0.4 is 10.6 Å². The number of aromatic nitrogens is 4. The van der Waals surface area contributed by atoms with Gasteiger partial charge in [-0.2, -0.15) is 38.1 Å². The highest BCUT2D eigenvalue weighted by atomic mass is 32.2. The summed E-state index contributed by atoms with van der Waals surface area (Å²) < 4.78 is 77.4. The van der Waals surface area contributed by atoms with Crippen molar-refractivity contribution in [3.05, 3.63) is 10.0 Å². The van der Waals surface area contributed by atoms with Crippen molar-refractivity contribution in [3.63, 3.8) is 0 Å². The average molecular weight is 679 g/mol. The zero-order valence-electron chi connectivity index (χ0n) is 22.3. The molecule has 0 aliphatic carbocycles. The minimum atomic E-state index is -4.87. The van der Waals surface area contributed by atoms with Crippen LogP contribution in [0.1, 0.15) is 35.7 Å². The van der Waals surface area contributed by atoms with E-state index in [4.69, 9.17) is 0 Å². The lowest BCUT2D eigenvalue weighted by atomic mass is 10.2. The molecule has 2 aliphatic rings. The van der Waals surface area contributed by atoms with Crippen molar-refractivity contribution in [1.29, 1.82) is 0 Å². The van der Waals surface area contributed by atoms with Crippen molar-refractivity contribution in [2.45, 2.75) is 75.4 Å². The first-order valence-electron chi connectivity index (χ1n) is 13.1. The summed E-state index contributed by atoms with van der Waals surface area (Å²) in [4.78, 5) is 26.5. The molecule has 2 aliphatic heterocycles. The maximum Gasteiger partial charge on any atom is 0.428 e. The van der Waals surface area contributed by atoms with E-state index in [0.717, 1.165) is 32.5 Å². The molecule has 43 heavy (non-hydrogen) atoms. The number of thioether (sulfide) groups is 1. The van der Waals surface area contributed by atoms with Gasteiger partial charge in [0.25, 0.3) is 0 Å². The number of halogens is 6. The molecule has 2 aromatic rings. The molecular formula is C22H28F6N8O4S3. The van der Waals surface area contributed by atoms with E-state index < -0.39 is 48.7 Å². The molecule has 4 heterocycles. The van der Waals surface area contributed by atoms with Gasteiger partial charge in [-0.1, -0.05) is 22.7 Å². The van der Waals surface area contributed by atoms with E-state index in [1.165, 1.54) is 0 Å². The number of nitrogens with one attached hydrogen (secondary N) is 2. The van der Waals surface area contributed by atoms with Gasteiger partial charge in [0.15, 0.2) is 0 Å². The molecule has 12 nitrogen and oxygen atoms in total. The summed E-state index contributed by atoms with van der Waals surface area (Å²) in [5, 5.41) is 41.3. The third kappa shape index (κ3) is 8.94. The lowest BCUT2D eigenvalue weighted by Gasteiger charge is -2.29. The number of hydrogen-bond acceptors (Lipinski definition) is 13. The number of alkyl halides is 6. The van der Waals surface area contributed by atoms with Crippen LogP contribution in [0.3, 0.4) is 0 Å². The van der Waals surface area contributed by atoms with E-state index in [9.17, 15) is 46.1 Å². The molecule has 4 rings (SSSR count). The van der Waals surface area contributed by atoms with Crippen LogP contribution in [0.25, 0.3) is 0 Å². The van der Waals surface area contributed by atoms with Gasteiger partial charge in [-0.05, 0) is 37.2 Å². The number of aryl methyl sites for hydroxylation is 2. The summed E-state index contributed by atoms with van der Waals surface area (Å²) >= 11 is 3.76. The van der Waals surface area contributed by atoms with Crippen molar-refractivity contribution >= 4 is 56.5 Å². The smallest absolute Gasteiger partial charge is 0.370 e. The molecular weight excluding hydrogens is 650 g/mol. The standard InChI is InChI=1S/C22H28F6N8O4S3/c23-21(24,25)17(39)35-7-1-3-11(35)15(37)29-19-33-31-13(42-19)5-9-41-10-6-14-32-34-20(43-14)30-16(38)12-4-2-8-36(12)18(40)22(26,27)28/h11-12,17-18,39-40H,1-10H2,(H,29,33,37)(H,30,34,38). The predicted molar refractivity (Wildman–Crippen MR) is 145 cm³/mol. The fourth-order valence-corrected chi connectivity index (χ4v) is 7.33. The number of hydrogen-bond donors (Lipinski definition) is 4. The number of carbonyl (C=O) groups excluding carboxylic acids is 2. The minimum absolute atomic E-state index is 0.0556. The molecule has 2 aromatic heterocycles. The van der Waals surface area contributed by atoms with Gasteiger partial charge in [0, 0.05) is 25.9 Å². The van der Waals surface area contributed by atoms with Gasteiger partial charge in [0.05, 0.1) is 12.1 Å². The van der Waals surface area contributed by atoms with Gasteiger partial charge in [-0.25, -0.2) is 0 Å². The van der Waals surface area contributed by atoms with Crippen molar-refractivity contribution in [1.82, 2.24) is 30.2 Å². The summed E-state index contributed by atoms with van der Waals surface area (Å²) in [6, 6.07) is -2.26. The zero-order valence-corrected chi connectivity index (χ0v) is 24.7. The molecule has 0 bridgehead atoms. The molecule has 4 atom stereocenters. The highest BCUT2D eigenvalue weighted by molar-refractivity contribution is 7.99. The first-order valence-corrected chi connectivity index (χ1v) is 15.9.